The van der Waals surface area contributed by atoms with Gasteiger partial charge in [0.15, 0.2) is 5.78 Å². The molecule has 1 fully saturated rings. The van der Waals surface area contributed by atoms with Gasteiger partial charge in [0.05, 0.1) is 18.5 Å². The Kier molecular flexibility index (Phi) is 6.80. The van der Waals surface area contributed by atoms with Crippen molar-refractivity contribution < 1.29 is 14.4 Å². The number of benzene rings is 1. The largest absolute Gasteiger partial charge is 0.300 e. The molecule has 0 spiro atoms. The fourth-order valence-corrected chi connectivity index (χ4v) is 3.39. The van der Waals surface area contributed by atoms with Crippen LogP contribution < -0.4 is 0 Å². The van der Waals surface area contributed by atoms with Crippen LogP contribution in [0.2, 0.25) is 0 Å². The molecule has 0 saturated heterocycles. The molecule has 0 heterocycles. The summed E-state index contributed by atoms with van der Waals surface area (Å²) in [6.45, 7) is 5.84. The smallest absolute Gasteiger partial charge is 0.170 e. The molecule has 0 N–H and O–H groups in total. The summed E-state index contributed by atoms with van der Waals surface area (Å²) in [7, 11) is 0. The number of hydrogen-bond acceptors (Lipinski definition) is 4. The molecule has 4 nitrogen and oxygen atoms in total. The highest BCUT2D eigenvalue weighted by molar-refractivity contribution is 6.12. The average molecular weight is 341 g/mol. The number of hydrogen-bond donors (Lipinski definition) is 0. The Bertz CT molecular complexity index is 671. The molecule has 1 aliphatic carbocycles. The summed E-state index contributed by atoms with van der Waals surface area (Å²) >= 11 is 0. The van der Waals surface area contributed by atoms with E-state index < -0.39 is 0 Å². The summed E-state index contributed by atoms with van der Waals surface area (Å²) < 4.78 is 0. The predicted molar refractivity (Wildman–Crippen MR) is 99.6 cm³/mol. The van der Waals surface area contributed by atoms with E-state index in [1.54, 1.807) is 12.1 Å². The predicted octanol–water partition coefficient (Wildman–Crippen LogP) is 4.73. The highest BCUT2D eigenvalue weighted by Gasteiger charge is 2.23. The lowest BCUT2D eigenvalue weighted by Crippen LogP contribution is -2.23. The molecule has 1 saturated carbocycles. The molecule has 4 heteroatoms. The second-order valence-electron chi connectivity index (χ2n) is 7.26. The van der Waals surface area contributed by atoms with Crippen LogP contribution in [-0.4, -0.2) is 23.1 Å². The van der Waals surface area contributed by atoms with Gasteiger partial charge in [-0.05, 0) is 62.3 Å². The van der Waals surface area contributed by atoms with Gasteiger partial charge in [-0.3, -0.25) is 19.4 Å². The Morgan fingerprint density at radius 2 is 1.76 bits per heavy atom. The van der Waals surface area contributed by atoms with Gasteiger partial charge in [0.1, 0.15) is 11.6 Å². The van der Waals surface area contributed by atoms with Gasteiger partial charge in [0.2, 0.25) is 0 Å². The van der Waals surface area contributed by atoms with E-state index in [4.69, 9.17) is 4.99 Å². The fraction of sp³-hybridized carbons (Fsp3) is 0.524. The van der Waals surface area contributed by atoms with Gasteiger partial charge in [-0.25, -0.2) is 0 Å². The molecule has 1 aromatic rings. The minimum Gasteiger partial charge on any atom is -0.300 e. The van der Waals surface area contributed by atoms with Gasteiger partial charge < -0.3 is 0 Å². The molecule has 0 bridgehead atoms. The summed E-state index contributed by atoms with van der Waals surface area (Å²) in [5, 5.41) is 0. The molecule has 1 aliphatic rings. The molecule has 1 atom stereocenters. The lowest BCUT2D eigenvalue weighted by molar-refractivity contribution is -0.125. The topological polar surface area (TPSA) is 63.6 Å². The van der Waals surface area contributed by atoms with E-state index in [0.29, 0.717) is 17.4 Å². The highest BCUT2D eigenvalue weighted by Crippen LogP contribution is 2.30. The van der Waals surface area contributed by atoms with E-state index in [1.165, 1.54) is 31.9 Å². The van der Waals surface area contributed by atoms with Gasteiger partial charge in [-0.2, -0.15) is 0 Å². The van der Waals surface area contributed by atoms with Crippen LogP contribution in [0.3, 0.4) is 0 Å². The maximum absolute atomic E-state index is 12.1. The average Bonchev–Trinajstić information content (AvgIpc) is 2.55. The van der Waals surface area contributed by atoms with Gasteiger partial charge in [0, 0.05) is 11.3 Å². The molecule has 0 aliphatic heterocycles. The third-order valence-corrected chi connectivity index (χ3v) is 4.70. The molecular formula is C21H27NO3. The number of nitrogens with zero attached hydrogens (tertiary/aromatic N) is 1. The van der Waals surface area contributed by atoms with Crippen LogP contribution >= 0.6 is 0 Å². The first-order valence-corrected chi connectivity index (χ1v) is 9.08. The second-order valence-corrected chi connectivity index (χ2v) is 7.26. The van der Waals surface area contributed by atoms with Gasteiger partial charge >= 0.3 is 0 Å². The zero-order chi connectivity index (χ0) is 18.4. The normalized spacial score (nSPS) is 19.2. The third-order valence-electron chi connectivity index (χ3n) is 4.70. The summed E-state index contributed by atoms with van der Waals surface area (Å²) in [5.74, 6) is 0.342. The molecule has 2 rings (SSSR count). The highest BCUT2D eigenvalue weighted by atomic mass is 16.2. The van der Waals surface area contributed by atoms with Crippen molar-refractivity contribution in [3.63, 3.8) is 0 Å². The van der Waals surface area contributed by atoms with Crippen LogP contribution in [0.15, 0.2) is 29.3 Å². The van der Waals surface area contributed by atoms with Crippen LogP contribution in [0, 0.1) is 11.8 Å². The van der Waals surface area contributed by atoms with Crippen molar-refractivity contribution >= 4 is 28.7 Å². The standard InChI is InChI=1S/C21H27NO3/c1-14(2)19-6-4-5-7-20(19)22-17-10-8-16(9-11-17)21(25)13-18(24)12-15(3)23/h8-11,14,19H,4-7,12-13H2,1-3H3. The number of rotatable bonds is 7. The fourth-order valence-electron chi connectivity index (χ4n) is 3.39. The summed E-state index contributed by atoms with van der Waals surface area (Å²) in [6, 6.07) is 7.11. The first-order chi connectivity index (χ1) is 11.9. The number of carbonyl (C=O) groups excluding carboxylic acids is 3. The summed E-state index contributed by atoms with van der Waals surface area (Å²) in [4.78, 5) is 39.5. The lowest BCUT2D eigenvalue weighted by atomic mass is 9.80. The van der Waals surface area contributed by atoms with Gasteiger partial charge in [0.25, 0.3) is 0 Å². The molecule has 1 unspecified atom stereocenters. The Morgan fingerprint density at radius 3 is 2.36 bits per heavy atom. The molecule has 134 valence electrons. The quantitative estimate of drug-likeness (QED) is 0.532. The zero-order valence-electron chi connectivity index (χ0n) is 15.4. The maximum Gasteiger partial charge on any atom is 0.170 e. The van der Waals surface area contributed by atoms with Crippen molar-refractivity contribution in [3.05, 3.63) is 29.8 Å². The van der Waals surface area contributed by atoms with E-state index in [9.17, 15) is 14.4 Å². The van der Waals surface area contributed by atoms with Crippen LogP contribution in [0.1, 0.15) is 69.7 Å². The van der Waals surface area contributed by atoms with E-state index >= 15 is 0 Å². The van der Waals surface area contributed by atoms with E-state index in [2.05, 4.69) is 13.8 Å². The van der Waals surface area contributed by atoms with Crippen molar-refractivity contribution in [1.29, 1.82) is 0 Å². The molecule has 0 aromatic heterocycles. The molecule has 0 radical (unpaired) electrons. The first kappa shape index (κ1) is 19.2. The second kappa shape index (κ2) is 8.84. The number of aliphatic imine (C=N–C) groups is 1. The number of ketones is 3. The number of carbonyl (C=O) groups is 3. The third kappa shape index (κ3) is 5.73. The summed E-state index contributed by atoms with van der Waals surface area (Å²) in [5.41, 5.74) is 2.61. The molecule has 1 aromatic carbocycles. The Morgan fingerprint density at radius 1 is 1.08 bits per heavy atom. The van der Waals surface area contributed by atoms with Gasteiger partial charge in [-0.1, -0.05) is 20.3 Å². The van der Waals surface area contributed by atoms with Crippen molar-refractivity contribution in [2.24, 2.45) is 16.8 Å². The monoisotopic (exact) mass is 341 g/mol. The maximum atomic E-state index is 12.1. The molecule has 25 heavy (non-hydrogen) atoms. The number of Topliss-reactive ketones (excluding diaryl/α,β-unsaturated/α-hetero) is 3. The van der Waals surface area contributed by atoms with Crippen molar-refractivity contribution in [1.82, 2.24) is 0 Å². The Labute approximate surface area is 149 Å². The van der Waals surface area contributed by atoms with Crippen molar-refractivity contribution in [2.75, 3.05) is 0 Å². The summed E-state index contributed by atoms with van der Waals surface area (Å²) in [6.07, 6.45) is 4.31. The minimum absolute atomic E-state index is 0.173. The van der Waals surface area contributed by atoms with Crippen LogP contribution in [0.4, 0.5) is 5.69 Å². The lowest BCUT2D eigenvalue weighted by Gasteiger charge is -2.27. The van der Waals surface area contributed by atoms with E-state index in [1.807, 2.05) is 12.1 Å². The SMILES string of the molecule is CC(=O)CC(=O)CC(=O)c1ccc(N=C2CCCCC2C(C)C)cc1. The van der Waals surface area contributed by atoms with Crippen molar-refractivity contribution in [2.45, 2.75) is 59.3 Å². The van der Waals surface area contributed by atoms with Crippen LogP contribution in [0.25, 0.3) is 0 Å². The van der Waals surface area contributed by atoms with Crippen LogP contribution in [0.5, 0.6) is 0 Å². The zero-order valence-corrected chi connectivity index (χ0v) is 15.4. The van der Waals surface area contributed by atoms with Crippen LogP contribution in [-0.2, 0) is 9.59 Å². The Balaban J connectivity index is 2.06. The van der Waals surface area contributed by atoms with Gasteiger partial charge in [-0.15, -0.1) is 0 Å². The Hall–Kier alpha value is -2.10. The van der Waals surface area contributed by atoms with E-state index in [-0.39, 0.29) is 30.2 Å². The minimum atomic E-state index is -0.330. The first-order valence-electron chi connectivity index (χ1n) is 9.08. The molecular weight excluding hydrogens is 314 g/mol. The van der Waals surface area contributed by atoms with E-state index in [0.717, 1.165) is 12.1 Å². The van der Waals surface area contributed by atoms with Crippen molar-refractivity contribution in [3.8, 4) is 0 Å². The molecule has 0 amide bonds.